The predicted octanol–water partition coefficient (Wildman–Crippen LogP) is 7.39. The summed E-state index contributed by atoms with van der Waals surface area (Å²) in [6.07, 6.45) is 13.4. The summed E-state index contributed by atoms with van der Waals surface area (Å²) < 4.78 is 36.1. The minimum atomic E-state index is -4.05. The van der Waals surface area contributed by atoms with E-state index in [2.05, 4.69) is 25.1 Å². The Hall–Kier alpha value is -4.16. The Morgan fingerprint density at radius 3 is 1.77 bits per heavy atom. The molecule has 4 atom stereocenters. The van der Waals surface area contributed by atoms with Gasteiger partial charge >= 0.3 is 11.9 Å². The topological polar surface area (TPSA) is 173 Å². The van der Waals surface area contributed by atoms with E-state index in [9.17, 15) is 9.59 Å². The van der Waals surface area contributed by atoms with E-state index in [1.165, 1.54) is 19.2 Å². The lowest BCUT2D eigenvalue weighted by Gasteiger charge is -2.39. The molecule has 2 aromatic heterocycles. The van der Waals surface area contributed by atoms with Gasteiger partial charge in [0.15, 0.2) is 11.5 Å². The number of anilines is 1. The van der Waals surface area contributed by atoms with Gasteiger partial charge in [-0.15, -0.1) is 0 Å². The summed E-state index contributed by atoms with van der Waals surface area (Å²) in [7, 11) is -4.05. The fraction of sp³-hybridized carbons (Fsp3) is 0.558. The van der Waals surface area contributed by atoms with Crippen LogP contribution >= 0.6 is 7.44 Å². The maximum absolute atomic E-state index is 15.8. The Bertz CT molecular complexity index is 1860. The molecule has 4 aromatic rings. The van der Waals surface area contributed by atoms with Crippen LogP contribution < -0.4 is 15.9 Å². The van der Waals surface area contributed by atoms with Crippen molar-refractivity contribution in [3.8, 4) is 0 Å². The second kappa shape index (κ2) is 19.5. The molecule has 2 aliphatic rings. The molecule has 4 N–H and O–H groups in total. The number of hydrogen-bond donors (Lipinski definition) is 3. The zero-order valence-electron chi connectivity index (χ0n) is 33.7. The first kappa shape index (κ1) is 42.4. The number of nitrogens with zero attached hydrogens (tertiary/aromatic N) is 4. The summed E-state index contributed by atoms with van der Waals surface area (Å²) in [6, 6.07) is 19.2. The molecule has 0 spiro atoms. The molecular formula is C43H60N7O6P. The van der Waals surface area contributed by atoms with Crippen LogP contribution in [0.1, 0.15) is 96.1 Å². The van der Waals surface area contributed by atoms with Gasteiger partial charge in [0.25, 0.3) is 0 Å². The van der Waals surface area contributed by atoms with Crippen LogP contribution in [0.4, 0.5) is 5.82 Å². The van der Waals surface area contributed by atoms with E-state index in [0.717, 1.165) is 62.5 Å². The van der Waals surface area contributed by atoms with Crippen LogP contribution in [-0.2, 0) is 47.8 Å². The summed E-state index contributed by atoms with van der Waals surface area (Å²) in [6.45, 7) is 6.19. The van der Waals surface area contributed by atoms with Gasteiger partial charge in [0, 0.05) is 12.8 Å². The van der Waals surface area contributed by atoms with Crippen molar-refractivity contribution in [2.24, 2.45) is 11.8 Å². The van der Waals surface area contributed by atoms with Gasteiger partial charge < -0.3 is 24.5 Å². The normalized spacial score (nSPS) is 19.2. The van der Waals surface area contributed by atoms with Crippen molar-refractivity contribution >= 4 is 36.4 Å². The number of carbonyl (C=O) groups is 2. The zero-order chi connectivity index (χ0) is 40.3. The molecule has 2 saturated carbocycles. The smallest absolute Gasteiger partial charge is 0.326 e. The summed E-state index contributed by atoms with van der Waals surface area (Å²) in [4.78, 5) is 41.5. The van der Waals surface area contributed by atoms with E-state index in [-0.39, 0.29) is 36.8 Å². The van der Waals surface area contributed by atoms with Gasteiger partial charge in [-0.1, -0.05) is 99.2 Å². The predicted molar refractivity (Wildman–Crippen MR) is 221 cm³/mol. The molecule has 0 saturated heterocycles. The van der Waals surface area contributed by atoms with Crippen molar-refractivity contribution < 1.29 is 28.4 Å². The van der Waals surface area contributed by atoms with Crippen molar-refractivity contribution in [2.45, 2.75) is 122 Å². The van der Waals surface area contributed by atoms with Crippen LogP contribution in [0.15, 0.2) is 73.3 Å². The average molecular weight is 802 g/mol. The quantitative estimate of drug-likeness (QED) is 0.0635. The number of nitrogen functional groups attached to an aromatic ring is 1. The van der Waals surface area contributed by atoms with E-state index in [1.807, 2.05) is 67.6 Å². The molecule has 57 heavy (non-hydrogen) atoms. The number of ether oxygens (including phenoxy) is 3. The summed E-state index contributed by atoms with van der Waals surface area (Å²) in [5.74, 6) is -0.194. The van der Waals surface area contributed by atoms with Gasteiger partial charge in [-0.25, -0.2) is 25.1 Å². The first-order valence-corrected chi connectivity index (χ1v) is 22.5. The SMILES string of the molecule is C[C@H](Cn1cnc2c(N)ncnc21)OCP(=O)(NC(C)(Cc1ccccc1)C(=O)OCC1CCCCC1)N[C@@](C)(Cc1ccccc1)C(=O)OCC1CCCCC1. The molecule has 308 valence electrons. The molecular weight excluding hydrogens is 741 g/mol. The molecule has 0 aliphatic heterocycles. The van der Waals surface area contributed by atoms with Crippen LogP contribution in [0.5, 0.6) is 0 Å². The highest BCUT2D eigenvalue weighted by Gasteiger charge is 2.47. The van der Waals surface area contributed by atoms with Gasteiger partial charge in [-0.2, -0.15) is 0 Å². The molecule has 0 bridgehead atoms. The van der Waals surface area contributed by atoms with E-state index in [0.29, 0.717) is 30.9 Å². The fourth-order valence-corrected chi connectivity index (χ4v) is 10.8. The molecule has 2 unspecified atom stereocenters. The molecule has 6 rings (SSSR count). The van der Waals surface area contributed by atoms with Gasteiger partial charge in [-0.3, -0.25) is 14.2 Å². The Morgan fingerprint density at radius 2 is 1.28 bits per heavy atom. The van der Waals surface area contributed by atoms with Crippen LogP contribution in [0.25, 0.3) is 11.2 Å². The van der Waals surface area contributed by atoms with Crippen LogP contribution in [0.2, 0.25) is 0 Å². The number of rotatable bonds is 19. The highest BCUT2D eigenvalue weighted by atomic mass is 31.2. The molecule has 2 aromatic carbocycles. The van der Waals surface area contributed by atoms with Gasteiger partial charge in [0.2, 0.25) is 7.44 Å². The Kier molecular flexibility index (Phi) is 14.5. The third-order valence-corrected chi connectivity index (χ3v) is 13.6. The van der Waals surface area contributed by atoms with E-state index in [1.54, 1.807) is 24.7 Å². The first-order valence-electron chi connectivity index (χ1n) is 20.6. The number of nitrogens with one attached hydrogen (secondary N) is 2. The second-order valence-electron chi connectivity index (χ2n) is 16.6. The number of fused-ring (bicyclic) bond motifs is 1. The monoisotopic (exact) mass is 801 g/mol. The highest BCUT2D eigenvalue weighted by molar-refractivity contribution is 7.59. The van der Waals surface area contributed by atoms with Crippen molar-refractivity contribution in [1.29, 1.82) is 0 Å². The fourth-order valence-electron chi connectivity index (χ4n) is 8.22. The first-order chi connectivity index (χ1) is 27.4. The molecule has 14 heteroatoms. The van der Waals surface area contributed by atoms with Crippen LogP contribution in [0, 0.1) is 11.8 Å². The van der Waals surface area contributed by atoms with Crippen molar-refractivity contribution in [1.82, 2.24) is 29.7 Å². The number of benzene rings is 2. The summed E-state index contributed by atoms with van der Waals surface area (Å²) >= 11 is 0. The Labute approximate surface area is 336 Å². The molecule has 2 aliphatic carbocycles. The number of esters is 2. The maximum atomic E-state index is 15.8. The highest BCUT2D eigenvalue weighted by Crippen LogP contribution is 2.44. The Balaban J connectivity index is 1.31. The molecule has 2 heterocycles. The average Bonchev–Trinajstić information content (AvgIpc) is 3.63. The molecule has 2 fully saturated rings. The summed E-state index contributed by atoms with van der Waals surface area (Å²) in [5, 5.41) is 6.55. The van der Waals surface area contributed by atoms with Crippen LogP contribution in [0.3, 0.4) is 0 Å². The molecule has 0 radical (unpaired) electrons. The standard InChI is InChI=1S/C43H60N7O6P/c1-32(26-50-30-47-37-38(44)45-29-46-39(37)50)56-31-57(53,48-42(2,24-33-16-8-4-9-17-33)40(51)54-27-35-20-12-6-13-21-35)49-43(3,25-34-18-10-5-11-19-34)41(52)55-28-36-22-14-7-15-23-36/h4-5,8-11,16-19,29-30,32,35-36H,6-7,12-15,20-28,31H2,1-3H3,(H2,44,45,46)(H2,48,49,53)/t32-,42+,43?,57?/m1/s1. The summed E-state index contributed by atoms with van der Waals surface area (Å²) in [5.41, 5.74) is 5.82. The van der Waals surface area contributed by atoms with Gasteiger partial charge in [0.05, 0.1) is 32.2 Å². The minimum Gasteiger partial charge on any atom is -0.464 e. The van der Waals surface area contributed by atoms with E-state index in [4.69, 9.17) is 19.9 Å². The Morgan fingerprint density at radius 1 is 0.789 bits per heavy atom. The minimum absolute atomic E-state index is 0.183. The van der Waals surface area contributed by atoms with Crippen molar-refractivity contribution in [2.75, 3.05) is 25.3 Å². The van der Waals surface area contributed by atoms with Crippen molar-refractivity contribution in [3.05, 3.63) is 84.4 Å². The number of aromatic nitrogens is 4. The van der Waals surface area contributed by atoms with E-state index >= 15 is 4.57 Å². The number of imidazole rings is 1. The number of hydrogen-bond acceptors (Lipinski definition) is 10. The number of carbonyl (C=O) groups excluding carboxylic acids is 2. The number of nitrogens with two attached hydrogens (primary N) is 1. The largest absolute Gasteiger partial charge is 0.464 e. The van der Waals surface area contributed by atoms with Crippen molar-refractivity contribution in [3.63, 3.8) is 0 Å². The lowest BCUT2D eigenvalue weighted by atomic mass is 9.90. The zero-order valence-corrected chi connectivity index (χ0v) is 34.6. The van der Waals surface area contributed by atoms with Crippen LogP contribution in [-0.4, -0.2) is 68.2 Å². The molecule has 0 amide bonds. The third kappa shape index (κ3) is 11.7. The third-order valence-electron chi connectivity index (χ3n) is 11.3. The lowest BCUT2D eigenvalue weighted by Crippen LogP contribution is -2.58. The maximum Gasteiger partial charge on any atom is 0.326 e. The van der Waals surface area contributed by atoms with E-state index < -0.39 is 36.6 Å². The second-order valence-corrected chi connectivity index (χ2v) is 18.8. The molecule has 13 nitrogen and oxygen atoms in total. The van der Waals surface area contributed by atoms with Gasteiger partial charge in [0.1, 0.15) is 29.3 Å². The van der Waals surface area contributed by atoms with Gasteiger partial charge in [-0.05, 0) is 69.4 Å². The lowest BCUT2D eigenvalue weighted by molar-refractivity contribution is -0.152.